The molecule has 4 aliphatic carbocycles. The zero-order valence-electron chi connectivity index (χ0n) is 9.24. The second-order valence-corrected chi connectivity index (χ2v) is 9.45. The number of alkyl halides is 4. The second-order valence-electron chi connectivity index (χ2n) is 5.74. The minimum absolute atomic E-state index is 0.0239. The van der Waals surface area contributed by atoms with E-state index in [1.165, 1.54) is 0 Å². The minimum atomic E-state index is -1.43. The van der Waals surface area contributed by atoms with Crippen LogP contribution in [-0.4, -0.2) is 14.1 Å². The number of allylic oxidation sites excluding steroid dienone is 4. The van der Waals surface area contributed by atoms with Crippen LogP contribution >= 0.6 is 81.2 Å². The number of fused-ring (bicyclic) bond motifs is 9. The van der Waals surface area contributed by atoms with E-state index in [1.807, 2.05) is 6.08 Å². The molecule has 0 saturated heterocycles. The van der Waals surface area contributed by atoms with E-state index in [9.17, 15) is 0 Å². The Hall–Kier alpha value is 1.51. The molecule has 4 rings (SSSR count). The van der Waals surface area contributed by atoms with Crippen molar-refractivity contribution in [3.63, 3.8) is 0 Å². The van der Waals surface area contributed by atoms with E-state index in [-0.39, 0.29) is 33.7 Å². The van der Waals surface area contributed by atoms with Crippen molar-refractivity contribution >= 4 is 81.2 Å². The number of halogens is 7. The quantitative estimate of drug-likeness (QED) is 0.355. The average molecular weight is 399 g/mol. The summed E-state index contributed by atoms with van der Waals surface area (Å²) in [6.45, 7) is 0. The van der Waals surface area contributed by atoms with Crippen LogP contribution in [-0.2, 0) is 0 Å². The van der Waals surface area contributed by atoms with Crippen molar-refractivity contribution in [1.29, 1.82) is 0 Å². The van der Waals surface area contributed by atoms with Crippen LogP contribution in [0.5, 0.6) is 0 Å². The first kappa shape index (κ1) is 14.1. The lowest BCUT2D eigenvalue weighted by atomic mass is 9.75. The molecule has 7 heteroatoms. The van der Waals surface area contributed by atoms with Gasteiger partial charge in [-0.15, -0.1) is 23.2 Å². The lowest BCUT2D eigenvalue weighted by Crippen LogP contribution is -2.46. The van der Waals surface area contributed by atoms with Gasteiger partial charge in [0.05, 0.1) is 10.1 Å². The predicted octanol–water partition coefficient (Wildman–Crippen LogP) is 5.84. The third-order valence-corrected chi connectivity index (χ3v) is 9.90. The summed E-state index contributed by atoms with van der Waals surface area (Å²) in [5.74, 6) is 0.226. The maximum Gasteiger partial charge on any atom is 0.166 e. The average Bonchev–Trinajstić information content (AvgIpc) is 2.95. The van der Waals surface area contributed by atoms with Gasteiger partial charge in [-0.25, -0.2) is 0 Å². The summed E-state index contributed by atoms with van der Waals surface area (Å²) in [4.78, 5) is -2.29. The lowest BCUT2D eigenvalue weighted by Gasteiger charge is -2.38. The van der Waals surface area contributed by atoms with Crippen molar-refractivity contribution in [2.75, 3.05) is 0 Å². The SMILES string of the molecule is ClC1=C[C@H]2C[C@H]1[C@@H]1[C@@H]2[C@]2(Cl)C(Cl)=C(Cl)[C@]1(Cl)C2(Cl)Cl. The first-order chi connectivity index (χ1) is 8.69. The molecule has 0 nitrogen and oxygen atoms in total. The third kappa shape index (κ3) is 1.17. The molecule has 0 aromatic carbocycles. The van der Waals surface area contributed by atoms with E-state index in [4.69, 9.17) is 81.2 Å². The van der Waals surface area contributed by atoms with Crippen LogP contribution in [0.15, 0.2) is 21.2 Å². The van der Waals surface area contributed by atoms with Crippen molar-refractivity contribution in [3.8, 4) is 0 Å². The Balaban J connectivity index is 2.01. The molecule has 0 aromatic heterocycles. The van der Waals surface area contributed by atoms with Crippen LogP contribution in [0.4, 0.5) is 0 Å². The Kier molecular flexibility index (Phi) is 2.75. The fourth-order valence-electron chi connectivity index (χ4n) is 4.53. The highest BCUT2D eigenvalue weighted by Gasteiger charge is 2.85. The highest BCUT2D eigenvalue weighted by molar-refractivity contribution is 6.65. The summed E-state index contributed by atoms with van der Waals surface area (Å²) >= 11 is 45.5. The third-order valence-electron chi connectivity index (χ3n) is 5.20. The minimum Gasteiger partial charge on any atom is -0.109 e. The van der Waals surface area contributed by atoms with Crippen LogP contribution in [0.25, 0.3) is 0 Å². The van der Waals surface area contributed by atoms with Gasteiger partial charge in [-0.3, -0.25) is 0 Å². The van der Waals surface area contributed by atoms with Gasteiger partial charge >= 0.3 is 0 Å². The Labute approximate surface area is 145 Å². The van der Waals surface area contributed by atoms with E-state index >= 15 is 0 Å². The summed E-state index contributed by atoms with van der Waals surface area (Å²) in [7, 11) is 0. The highest BCUT2D eigenvalue weighted by atomic mass is 35.5. The van der Waals surface area contributed by atoms with Gasteiger partial charge in [0.15, 0.2) is 4.33 Å². The standard InChI is InChI=1S/C12H7Cl7/c13-5-2-3-1-4(5)7-6(3)10(16)8(14)9(15)11(7,17)12(10,18)19/h2-4,6-7H,1H2/t3-,4-,6-,7-,10+,11+/m1/s1. The van der Waals surface area contributed by atoms with Crippen LogP contribution in [0.3, 0.4) is 0 Å². The summed E-state index contributed by atoms with van der Waals surface area (Å²) < 4.78 is -1.43. The van der Waals surface area contributed by atoms with Crippen molar-refractivity contribution in [2.45, 2.75) is 20.5 Å². The Bertz CT molecular complexity index is 564. The van der Waals surface area contributed by atoms with Crippen molar-refractivity contribution < 1.29 is 0 Å². The van der Waals surface area contributed by atoms with E-state index < -0.39 is 14.1 Å². The Morgan fingerprint density at radius 1 is 0.895 bits per heavy atom. The molecule has 0 radical (unpaired) electrons. The van der Waals surface area contributed by atoms with E-state index in [0.29, 0.717) is 0 Å². The molecule has 4 bridgehead atoms. The molecule has 0 heterocycles. The molecule has 6 atom stereocenters. The number of hydrogen-bond donors (Lipinski definition) is 0. The van der Waals surface area contributed by atoms with Crippen LogP contribution in [0.2, 0.25) is 0 Å². The normalized spacial score (nSPS) is 56.9. The Morgan fingerprint density at radius 2 is 1.42 bits per heavy atom. The smallest absolute Gasteiger partial charge is 0.109 e. The van der Waals surface area contributed by atoms with Gasteiger partial charge in [-0.05, 0) is 24.2 Å². The van der Waals surface area contributed by atoms with E-state index in [0.717, 1.165) is 11.5 Å². The summed E-state index contributed by atoms with van der Waals surface area (Å²) in [5.41, 5.74) is 0. The van der Waals surface area contributed by atoms with Crippen molar-refractivity contribution in [2.24, 2.45) is 23.7 Å². The molecular weight excluding hydrogens is 392 g/mol. The lowest BCUT2D eigenvalue weighted by molar-refractivity contribution is 0.302. The fraction of sp³-hybridized carbons (Fsp3) is 0.667. The molecule has 2 saturated carbocycles. The maximum atomic E-state index is 6.78. The molecular formula is C12H7Cl7. The van der Waals surface area contributed by atoms with Gasteiger partial charge in [0.1, 0.15) is 9.75 Å². The largest absolute Gasteiger partial charge is 0.166 e. The summed E-state index contributed by atoms with van der Waals surface area (Å²) in [6.07, 6.45) is 2.94. The highest BCUT2D eigenvalue weighted by Crippen LogP contribution is 2.82. The number of hydrogen-bond acceptors (Lipinski definition) is 0. The van der Waals surface area contributed by atoms with Gasteiger partial charge in [-0.2, -0.15) is 0 Å². The fourth-order valence-corrected chi connectivity index (χ4v) is 8.04. The maximum absolute atomic E-state index is 6.78. The van der Waals surface area contributed by atoms with Crippen molar-refractivity contribution in [1.82, 2.24) is 0 Å². The van der Waals surface area contributed by atoms with Gasteiger partial charge in [-0.1, -0.05) is 64.1 Å². The topological polar surface area (TPSA) is 0 Å². The summed E-state index contributed by atoms with van der Waals surface area (Å²) in [6, 6.07) is 0. The molecule has 104 valence electrons. The van der Waals surface area contributed by atoms with Gasteiger partial charge in [0.2, 0.25) is 0 Å². The molecule has 0 amide bonds. The zero-order valence-corrected chi connectivity index (χ0v) is 14.5. The van der Waals surface area contributed by atoms with Gasteiger partial charge in [0.25, 0.3) is 0 Å². The molecule has 0 spiro atoms. The zero-order chi connectivity index (χ0) is 14.0. The molecule has 19 heavy (non-hydrogen) atoms. The predicted molar refractivity (Wildman–Crippen MR) is 82.9 cm³/mol. The molecule has 2 fully saturated rings. The molecule has 0 N–H and O–H groups in total. The van der Waals surface area contributed by atoms with Gasteiger partial charge in [0, 0.05) is 11.0 Å². The molecule has 0 unspecified atom stereocenters. The Morgan fingerprint density at radius 3 is 2.00 bits per heavy atom. The van der Waals surface area contributed by atoms with Crippen LogP contribution in [0.1, 0.15) is 6.42 Å². The first-order valence-electron chi connectivity index (χ1n) is 5.88. The second kappa shape index (κ2) is 3.70. The van der Waals surface area contributed by atoms with E-state index in [2.05, 4.69) is 0 Å². The summed E-state index contributed by atoms with van der Waals surface area (Å²) in [5, 5.41) is 1.37. The molecule has 0 aromatic rings. The molecule has 0 aliphatic heterocycles. The van der Waals surface area contributed by atoms with Crippen LogP contribution < -0.4 is 0 Å². The van der Waals surface area contributed by atoms with E-state index in [1.54, 1.807) is 0 Å². The first-order valence-corrected chi connectivity index (χ1v) is 8.52. The van der Waals surface area contributed by atoms with Gasteiger partial charge < -0.3 is 0 Å². The van der Waals surface area contributed by atoms with Crippen molar-refractivity contribution in [3.05, 3.63) is 21.2 Å². The molecule has 4 aliphatic rings. The number of rotatable bonds is 0. The monoisotopic (exact) mass is 396 g/mol. The van der Waals surface area contributed by atoms with Crippen LogP contribution in [0, 0.1) is 23.7 Å².